The summed E-state index contributed by atoms with van der Waals surface area (Å²) in [6.07, 6.45) is 5.45. The van der Waals surface area contributed by atoms with E-state index < -0.39 is 10.0 Å². The van der Waals surface area contributed by atoms with E-state index >= 15 is 0 Å². The smallest absolute Gasteiger partial charge is 0.214 e. The Morgan fingerprint density at radius 1 is 1.12 bits per heavy atom. The summed E-state index contributed by atoms with van der Waals surface area (Å²) >= 11 is 0. The molecule has 2 aliphatic rings. The number of piperidine rings is 1. The summed E-state index contributed by atoms with van der Waals surface area (Å²) in [6, 6.07) is 0.470. The van der Waals surface area contributed by atoms with Crippen molar-refractivity contribution < 1.29 is 8.42 Å². The average Bonchev–Trinajstić information content (AvgIpc) is 2.82. The molecule has 0 bridgehead atoms. The van der Waals surface area contributed by atoms with E-state index in [1.807, 2.05) is 6.92 Å². The van der Waals surface area contributed by atoms with Gasteiger partial charge in [-0.1, -0.05) is 6.92 Å². The predicted molar refractivity (Wildman–Crippen MR) is 69.5 cm³/mol. The van der Waals surface area contributed by atoms with E-state index in [0.29, 0.717) is 18.2 Å². The molecule has 0 aliphatic carbocycles. The first-order valence-electron chi connectivity index (χ1n) is 6.85. The van der Waals surface area contributed by atoms with Crippen LogP contribution in [0.15, 0.2) is 0 Å². The first kappa shape index (κ1) is 13.3. The molecule has 2 saturated heterocycles. The molecule has 1 unspecified atom stereocenters. The van der Waals surface area contributed by atoms with Crippen LogP contribution in [0.3, 0.4) is 0 Å². The van der Waals surface area contributed by atoms with Gasteiger partial charge in [-0.3, -0.25) is 4.90 Å². The zero-order valence-electron chi connectivity index (χ0n) is 10.8. The molecular weight excluding hydrogens is 236 g/mol. The number of rotatable bonds is 4. The monoisotopic (exact) mass is 260 g/mol. The molecule has 0 aromatic heterocycles. The highest BCUT2D eigenvalue weighted by atomic mass is 32.2. The van der Waals surface area contributed by atoms with Crippen molar-refractivity contribution in [1.82, 2.24) is 9.21 Å². The van der Waals surface area contributed by atoms with Crippen LogP contribution in [0.25, 0.3) is 0 Å². The van der Waals surface area contributed by atoms with Crippen molar-refractivity contribution in [3.8, 4) is 0 Å². The van der Waals surface area contributed by atoms with E-state index in [4.69, 9.17) is 0 Å². The normalized spacial score (nSPS) is 28.6. The molecule has 2 fully saturated rings. The van der Waals surface area contributed by atoms with Crippen molar-refractivity contribution in [2.75, 3.05) is 31.9 Å². The predicted octanol–water partition coefficient (Wildman–Crippen LogP) is 1.29. The fraction of sp³-hybridized carbons (Fsp3) is 1.00. The minimum absolute atomic E-state index is 0.305. The number of hydrogen-bond acceptors (Lipinski definition) is 3. The fourth-order valence-electron chi connectivity index (χ4n) is 2.97. The maximum atomic E-state index is 12.1. The van der Waals surface area contributed by atoms with Crippen LogP contribution in [0.5, 0.6) is 0 Å². The standard InChI is InChI=1S/C12H24N2O2S/c1-2-10-17(15,16)14-9-5-6-12(11-14)13-7-3-4-8-13/h12H,2-11H2,1H3. The molecule has 2 rings (SSSR count). The second-order valence-corrected chi connectivity index (χ2v) is 7.30. The molecule has 17 heavy (non-hydrogen) atoms. The van der Waals surface area contributed by atoms with Crippen LogP contribution >= 0.6 is 0 Å². The molecule has 0 saturated carbocycles. The minimum Gasteiger partial charge on any atom is -0.299 e. The van der Waals surface area contributed by atoms with Crippen LogP contribution in [0.4, 0.5) is 0 Å². The first-order chi connectivity index (χ1) is 8.13. The van der Waals surface area contributed by atoms with Crippen LogP contribution in [0.2, 0.25) is 0 Å². The van der Waals surface area contributed by atoms with Gasteiger partial charge in [0.1, 0.15) is 0 Å². The molecule has 2 heterocycles. The summed E-state index contributed by atoms with van der Waals surface area (Å²) in [5.74, 6) is 0.305. The molecule has 0 spiro atoms. The van der Waals surface area contributed by atoms with Gasteiger partial charge in [-0.2, -0.15) is 0 Å². The van der Waals surface area contributed by atoms with Crippen molar-refractivity contribution in [3.63, 3.8) is 0 Å². The lowest BCUT2D eigenvalue weighted by atomic mass is 10.1. The molecular formula is C12H24N2O2S. The summed E-state index contributed by atoms with van der Waals surface area (Å²) < 4.78 is 25.8. The van der Waals surface area contributed by atoms with Gasteiger partial charge in [0.15, 0.2) is 0 Å². The van der Waals surface area contributed by atoms with Gasteiger partial charge in [0.05, 0.1) is 5.75 Å². The third-order valence-electron chi connectivity index (χ3n) is 3.87. The Labute approximate surface area is 105 Å². The van der Waals surface area contributed by atoms with Gasteiger partial charge in [-0.25, -0.2) is 12.7 Å². The highest BCUT2D eigenvalue weighted by molar-refractivity contribution is 7.89. The van der Waals surface area contributed by atoms with E-state index in [1.54, 1.807) is 4.31 Å². The maximum Gasteiger partial charge on any atom is 0.214 e. The second kappa shape index (κ2) is 5.67. The minimum atomic E-state index is -2.99. The highest BCUT2D eigenvalue weighted by Gasteiger charge is 2.31. The van der Waals surface area contributed by atoms with E-state index in [-0.39, 0.29) is 0 Å². The summed E-state index contributed by atoms with van der Waals surface area (Å²) in [6.45, 7) is 5.70. The topological polar surface area (TPSA) is 40.6 Å². The molecule has 100 valence electrons. The van der Waals surface area contributed by atoms with Crippen LogP contribution in [0, 0.1) is 0 Å². The van der Waals surface area contributed by atoms with Crippen molar-refractivity contribution in [1.29, 1.82) is 0 Å². The van der Waals surface area contributed by atoms with Gasteiger partial charge < -0.3 is 0 Å². The Morgan fingerprint density at radius 2 is 1.82 bits per heavy atom. The molecule has 0 N–H and O–H groups in total. The molecule has 2 aliphatic heterocycles. The number of hydrogen-bond donors (Lipinski definition) is 0. The van der Waals surface area contributed by atoms with Gasteiger partial charge >= 0.3 is 0 Å². The van der Waals surface area contributed by atoms with Gasteiger partial charge in [0.2, 0.25) is 10.0 Å². The van der Waals surface area contributed by atoms with Crippen LogP contribution < -0.4 is 0 Å². The SMILES string of the molecule is CCCS(=O)(=O)N1CCCC(N2CCCC2)C1. The lowest BCUT2D eigenvalue weighted by Crippen LogP contribution is -2.49. The van der Waals surface area contributed by atoms with Crippen molar-refractivity contribution >= 4 is 10.0 Å². The quantitative estimate of drug-likeness (QED) is 0.765. The van der Waals surface area contributed by atoms with Gasteiger partial charge in [-0.15, -0.1) is 0 Å². The third-order valence-corrected chi connectivity index (χ3v) is 5.91. The molecule has 4 nitrogen and oxygen atoms in total. The van der Waals surface area contributed by atoms with Crippen molar-refractivity contribution in [2.45, 2.75) is 45.1 Å². The molecule has 0 aromatic carbocycles. The maximum absolute atomic E-state index is 12.1. The Bertz CT molecular complexity index is 336. The Hall–Kier alpha value is -0.130. The fourth-order valence-corrected chi connectivity index (χ4v) is 4.55. The van der Waals surface area contributed by atoms with Crippen molar-refractivity contribution in [3.05, 3.63) is 0 Å². The largest absolute Gasteiger partial charge is 0.299 e. The lowest BCUT2D eigenvalue weighted by Gasteiger charge is -2.36. The average molecular weight is 260 g/mol. The number of sulfonamides is 1. The van der Waals surface area contributed by atoms with Crippen LogP contribution in [-0.2, 0) is 10.0 Å². The Balaban J connectivity index is 1.96. The molecule has 0 aromatic rings. The summed E-state index contributed by atoms with van der Waals surface area (Å²) in [5, 5.41) is 0. The number of likely N-dealkylation sites (tertiary alicyclic amines) is 1. The summed E-state index contributed by atoms with van der Waals surface area (Å²) in [7, 11) is -2.99. The molecule has 0 radical (unpaired) electrons. The van der Waals surface area contributed by atoms with Crippen LogP contribution in [0.1, 0.15) is 39.0 Å². The van der Waals surface area contributed by atoms with Gasteiger partial charge in [-0.05, 0) is 45.2 Å². The second-order valence-electron chi connectivity index (χ2n) is 5.21. The zero-order chi connectivity index (χ0) is 12.3. The first-order valence-corrected chi connectivity index (χ1v) is 8.46. The van der Waals surface area contributed by atoms with Gasteiger partial charge in [0.25, 0.3) is 0 Å². The van der Waals surface area contributed by atoms with Crippen LogP contribution in [-0.4, -0.2) is 55.6 Å². The zero-order valence-corrected chi connectivity index (χ0v) is 11.6. The van der Waals surface area contributed by atoms with Gasteiger partial charge in [0, 0.05) is 19.1 Å². The Morgan fingerprint density at radius 3 is 2.47 bits per heavy atom. The van der Waals surface area contributed by atoms with E-state index in [0.717, 1.165) is 39.0 Å². The molecule has 5 heteroatoms. The lowest BCUT2D eigenvalue weighted by molar-refractivity contribution is 0.162. The Kier molecular flexibility index (Phi) is 4.44. The number of nitrogens with zero attached hydrogens (tertiary/aromatic N) is 2. The van der Waals surface area contributed by atoms with E-state index in [9.17, 15) is 8.42 Å². The third kappa shape index (κ3) is 3.20. The van der Waals surface area contributed by atoms with E-state index in [2.05, 4.69) is 4.90 Å². The van der Waals surface area contributed by atoms with Crippen molar-refractivity contribution in [2.24, 2.45) is 0 Å². The molecule has 1 atom stereocenters. The van der Waals surface area contributed by atoms with E-state index in [1.165, 1.54) is 12.8 Å². The summed E-state index contributed by atoms with van der Waals surface area (Å²) in [5.41, 5.74) is 0. The highest BCUT2D eigenvalue weighted by Crippen LogP contribution is 2.22. The molecule has 0 amide bonds. The summed E-state index contributed by atoms with van der Waals surface area (Å²) in [4.78, 5) is 2.48.